The quantitative estimate of drug-likeness (QED) is 0.173. The van der Waals surface area contributed by atoms with E-state index in [1.807, 2.05) is 74.5 Å². The maximum absolute atomic E-state index is 14.6. The third kappa shape index (κ3) is 8.25. The fourth-order valence-electron chi connectivity index (χ4n) is 5.84. The van der Waals surface area contributed by atoms with Crippen LogP contribution in [0.3, 0.4) is 0 Å². The number of aryl methyl sites for hydroxylation is 2. The molecule has 9 heteroatoms. The summed E-state index contributed by atoms with van der Waals surface area (Å²) in [6.07, 6.45) is 4.20. The normalized spacial score (nSPS) is 14.1. The molecule has 0 bridgehead atoms. The van der Waals surface area contributed by atoms with Gasteiger partial charge >= 0.3 is 0 Å². The van der Waals surface area contributed by atoms with Crippen molar-refractivity contribution < 1.29 is 18.0 Å². The second-order valence-electron chi connectivity index (χ2n) is 11.9. The molecule has 0 saturated heterocycles. The summed E-state index contributed by atoms with van der Waals surface area (Å²) >= 11 is 3.48. The summed E-state index contributed by atoms with van der Waals surface area (Å²) in [5, 5.41) is 3.21. The number of carbonyl (C=O) groups excluding carboxylic acids is 2. The van der Waals surface area contributed by atoms with Gasteiger partial charge in [-0.2, -0.15) is 0 Å². The molecule has 0 unspecified atom stereocenters. The lowest BCUT2D eigenvalue weighted by molar-refractivity contribution is -0.140. The first-order valence-electron chi connectivity index (χ1n) is 15.6. The topological polar surface area (TPSA) is 86.8 Å². The molecule has 0 aromatic heterocycles. The fourth-order valence-corrected chi connectivity index (χ4v) is 7.53. The van der Waals surface area contributed by atoms with Crippen LogP contribution in [0.2, 0.25) is 0 Å². The molecule has 0 spiro atoms. The van der Waals surface area contributed by atoms with Gasteiger partial charge in [-0.25, -0.2) is 8.42 Å². The van der Waals surface area contributed by atoms with Crippen molar-refractivity contribution in [3.63, 3.8) is 0 Å². The van der Waals surface area contributed by atoms with Gasteiger partial charge < -0.3 is 10.2 Å². The molecule has 0 aliphatic heterocycles. The molecule has 240 valence electrons. The number of carbonyl (C=O) groups is 2. The molecule has 0 heterocycles. The van der Waals surface area contributed by atoms with E-state index in [0.717, 1.165) is 52.4 Å². The highest BCUT2D eigenvalue weighted by Gasteiger charge is 2.35. The number of hydrogen-bond acceptors (Lipinski definition) is 4. The van der Waals surface area contributed by atoms with E-state index in [9.17, 15) is 18.0 Å². The summed E-state index contributed by atoms with van der Waals surface area (Å²) in [5.74, 6) is -0.701. The number of hydrogen-bond donors (Lipinski definition) is 1. The molecule has 4 aromatic carbocycles. The highest BCUT2D eigenvalue weighted by molar-refractivity contribution is 9.10. The van der Waals surface area contributed by atoms with E-state index in [2.05, 4.69) is 21.2 Å². The molecular formula is C37H40BrN3O4S. The number of rotatable bonds is 12. The van der Waals surface area contributed by atoms with Gasteiger partial charge in [0.2, 0.25) is 11.8 Å². The molecule has 1 aliphatic rings. The molecule has 1 saturated carbocycles. The lowest BCUT2D eigenvalue weighted by Gasteiger charge is -2.34. The zero-order valence-corrected chi connectivity index (χ0v) is 28.6. The van der Waals surface area contributed by atoms with Crippen molar-refractivity contribution in [2.75, 3.05) is 10.8 Å². The molecule has 7 nitrogen and oxygen atoms in total. The Labute approximate surface area is 280 Å². The van der Waals surface area contributed by atoms with Crippen molar-refractivity contribution in [2.45, 2.75) is 69.5 Å². The summed E-state index contributed by atoms with van der Waals surface area (Å²) in [7, 11) is -4.14. The second-order valence-corrected chi connectivity index (χ2v) is 14.7. The van der Waals surface area contributed by atoms with Crippen LogP contribution in [0, 0.1) is 13.8 Å². The van der Waals surface area contributed by atoms with Crippen molar-refractivity contribution in [3.8, 4) is 0 Å². The smallest absolute Gasteiger partial charge is 0.264 e. The summed E-state index contributed by atoms with van der Waals surface area (Å²) < 4.78 is 30.4. The number of halogens is 1. The molecule has 1 aliphatic carbocycles. The van der Waals surface area contributed by atoms with E-state index in [1.54, 1.807) is 35.2 Å². The molecule has 1 N–H and O–H groups in total. The largest absolute Gasteiger partial charge is 0.352 e. The molecule has 5 rings (SSSR count). The monoisotopic (exact) mass is 701 g/mol. The number of nitrogens with one attached hydrogen (secondary N) is 1. The third-order valence-corrected chi connectivity index (χ3v) is 10.9. The maximum Gasteiger partial charge on any atom is 0.264 e. The number of nitrogens with zero attached hydrogens (tertiary/aromatic N) is 2. The van der Waals surface area contributed by atoms with Gasteiger partial charge in [0.15, 0.2) is 0 Å². The van der Waals surface area contributed by atoms with E-state index >= 15 is 0 Å². The summed E-state index contributed by atoms with van der Waals surface area (Å²) in [5.41, 5.74) is 4.04. The molecule has 0 radical (unpaired) electrons. The minimum Gasteiger partial charge on any atom is -0.352 e. The van der Waals surface area contributed by atoms with Crippen LogP contribution in [0.5, 0.6) is 0 Å². The molecule has 46 heavy (non-hydrogen) atoms. The Hall–Kier alpha value is -3.95. The minimum atomic E-state index is -4.14. The van der Waals surface area contributed by atoms with Crippen LogP contribution in [-0.2, 0) is 32.6 Å². The fraction of sp³-hybridized carbons (Fsp3) is 0.297. The lowest BCUT2D eigenvalue weighted by atomic mass is 10.0. The van der Waals surface area contributed by atoms with E-state index in [4.69, 9.17) is 0 Å². The lowest BCUT2D eigenvalue weighted by Crippen LogP contribution is -2.54. The standard InChI is InChI=1S/C37H40BrN3O4S/c1-27-17-22-33(23-28(27)2)41(46(44,45)34-15-7-4-8-16-34)26-36(42)40(25-30-18-20-31(38)21-19-30)35(24-29-11-5-3-6-12-29)37(43)39-32-13-9-10-14-32/h3-8,11-12,15-23,32,35H,9-10,13-14,24-26H2,1-2H3,(H,39,43)/t35-/m0/s1. The van der Waals surface area contributed by atoms with Crippen molar-refractivity contribution >= 4 is 43.5 Å². The molecule has 1 fully saturated rings. The summed E-state index contributed by atoms with van der Waals surface area (Å²) in [6.45, 7) is 3.53. The Morgan fingerprint density at radius 1 is 0.826 bits per heavy atom. The first-order chi connectivity index (χ1) is 22.1. The van der Waals surface area contributed by atoms with E-state index in [1.165, 1.54) is 16.4 Å². The van der Waals surface area contributed by atoms with E-state index in [0.29, 0.717) is 5.69 Å². The van der Waals surface area contributed by atoms with Crippen molar-refractivity contribution in [1.29, 1.82) is 0 Å². The number of anilines is 1. The van der Waals surface area contributed by atoms with Crippen LogP contribution in [0.1, 0.15) is 47.9 Å². The van der Waals surface area contributed by atoms with Gasteiger partial charge in [0, 0.05) is 23.5 Å². The average molecular weight is 703 g/mol. The van der Waals surface area contributed by atoms with Crippen molar-refractivity contribution in [2.24, 2.45) is 0 Å². The predicted molar refractivity (Wildman–Crippen MR) is 186 cm³/mol. The summed E-state index contributed by atoms with van der Waals surface area (Å²) in [6, 6.07) is 29.9. The van der Waals surface area contributed by atoms with Gasteiger partial charge in [0.25, 0.3) is 10.0 Å². The van der Waals surface area contributed by atoms with Crippen LogP contribution in [0.25, 0.3) is 0 Å². The first-order valence-corrected chi connectivity index (χ1v) is 17.9. The Morgan fingerprint density at radius 2 is 1.46 bits per heavy atom. The number of amides is 2. The Bertz CT molecular complexity index is 1740. The number of sulfonamides is 1. The van der Waals surface area contributed by atoms with Crippen LogP contribution < -0.4 is 9.62 Å². The highest BCUT2D eigenvalue weighted by Crippen LogP contribution is 2.27. The SMILES string of the molecule is Cc1ccc(N(CC(=O)N(Cc2ccc(Br)cc2)[C@@H](Cc2ccccc2)C(=O)NC2CCCC2)S(=O)(=O)c2ccccc2)cc1C. The van der Waals surface area contributed by atoms with Gasteiger partial charge in [-0.3, -0.25) is 13.9 Å². The van der Waals surface area contributed by atoms with Crippen LogP contribution in [0.4, 0.5) is 5.69 Å². The molecule has 2 amide bonds. The van der Waals surface area contributed by atoms with Crippen LogP contribution in [-0.4, -0.2) is 43.8 Å². The zero-order chi connectivity index (χ0) is 32.7. The number of benzene rings is 4. The first kappa shape index (κ1) is 33.4. The van der Waals surface area contributed by atoms with Gasteiger partial charge in [-0.05, 0) is 85.3 Å². The van der Waals surface area contributed by atoms with Crippen LogP contribution in [0.15, 0.2) is 112 Å². The molecular weight excluding hydrogens is 662 g/mol. The third-order valence-electron chi connectivity index (χ3n) is 8.63. The predicted octanol–water partition coefficient (Wildman–Crippen LogP) is 6.96. The highest BCUT2D eigenvalue weighted by atomic mass is 79.9. The van der Waals surface area contributed by atoms with Crippen LogP contribution >= 0.6 is 15.9 Å². The van der Waals surface area contributed by atoms with Crippen molar-refractivity contribution in [3.05, 3.63) is 130 Å². The zero-order valence-electron chi connectivity index (χ0n) is 26.2. The van der Waals surface area contributed by atoms with E-state index in [-0.39, 0.29) is 29.8 Å². The van der Waals surface area contributed by atoms with Crippen molar-refractivity contribution in [1.82, 2.24) is 10.2 Å². The average Bonchev–Trinajstić information content (AvgIpc) is 3.57. The Morgan fingerprint density at radius 3 is 2.09 bits per heavy atom. The molecule has 1 atom stereocenters. The minimum absolute atomic E-state index is 0.0564. The second kappa shape index (κ2) is 15.1. The van der Waals surface area contributed by atoms with Gasteiger partial charge in [0.1, 0.15) is 12.6 Å². The summed E-state index contributed by atoms with van der Waals surface area (Å²) in [4.78, 5) is 30.4. The van der Waals surface area contributed by atoms with Gasteiger partial charge in [-0.1, -0.05) is 95.5 Å². The van der Waals surface area contributed by atoms with Gasteiger partial charge in [-0.15, -0.1) is 0 Å². The Balaban J connectivity index is 1.57. The Kier molecular flexibility index (Phi) is 11.0. The molecule has 4 aromatic rings. The maximum atomic E-state index is 14.6. The van der Waals surface area contributed by atoms with E-state index < -0.39 is 28.5 Å². The van der Waals surface area contributed by atoms with Gasteiger partial charge in [0.05, 0.1) is 10.6 Å².